The standard InChI is InChI=1S/C16H14Cl2N2/c17-14-5-3-6-15(18)13(14)10-20-12(9-19)8-11-4-1-2-7-16(11)20/h1-8H,9-10,19H2. The molecule has 2 aromatic carbocycles. The zero-order valence-electron chi connectivity index (χ0n) is 10.8. The average molecular weight is 305 g/mol. The van der Waals surface area contributed by atoms with E-state index in [4.69, 9.17) is 28.9 Å². The first-order chi connectivity index (χ1) is 9.70. The second kappa shape index (κ2) is 5.49. The normalized spacial score (nSPS) is 11.2. The second-order valence-electron chi connectivity index (χ2n) is 4.68. The fourth-order valence-corrected chi connectivity index (χ4v) is 2.98. The first-order valence-electron chi connectivity index (χ1n) is 6.41. The first kappa shape index (κ1) is 13.5. The molecule has 0 aliphatic carbocycles. The molecule has 0 amide bonds. The number of nitrogens with two attached hydrogens (primary N) is 1. The predicted molar refractivity (Wildman–Crippen MR) is 85.4 cm³/mol. The Labute approximate surface area is 127 Å². The van der Waals surface area contributed by atoms with Crippen LogP contribution in [0.5, 0.6) is 0 Å². The van der Waals surface area contributed by atoms with Gasteiger partial charge in [0.05, 0.1) is 6.54 Å². The highest BCUT2D eigenvalue weighted by Crippen LogP contribution is 2.28. The van der Waals surface area contributed by atoms with Crippen molar-refractivity contribution in [3.63, 3.8) is 0 Å². The van der Waals surface area contributed by atoms with Gasteiger partial charge in [-0.1, -0.05) is 47.5 Å². The summed E-state index contributed by atoms with van der Waals surface area (Å²) < 4.78 is 2.17. The van der Waals surface area contributed by atoms with Crippen LogP contribution in [0.4, 0.5) is 0 Å². The van der Waals surface area contributed by atoms with Gasteiger partial charge in [0.1, 0.15) is 0 Å². The van der Waals surface area contributed by atoms with Gasteiger partial charge in [-0.05, 0) is 29.7 Å². The zero-order chi connectivity index (χ0) is 14.1. The Kier molecular flexibility index (Phi) is 3.70. The minimum Gasteiger partial charge on any atom is -0.339 e. The van der Waals surface area contributed by atoms with E-state index in [0.29, 0.717) is 23.1 Å². The molecular weight excluding hydrogens is 291 g/mol. The van der Waals surface area contributed by atoms with Crippen molar-refractivity contribution < 1.29 is 0 Å². The third kappa shape index (κ3) is 2.31. The van der Waals surface area contributed by atoms with Gasteiger partial charge in [-0.3, -0.25) is 0 Å². The van der Waals surface area contributed by atoms with Crippen molar-refractivity contribution in [2.45, 2.75) is 13.1 Å². The summed E-state index contributed by atoms with van der Waals surface area (Å²) in [5.74, 6) is 0. The topological polar surface area (TPSA) is 30.9 Å². The van der Waals surface area contributed by atoms with Crippen molar-refractivity contribution in [1.29, 1.82) is 0 Å². The molecule has 1 heterocycles. The molecule has 0 spiro atoms. The van der Waals surface area contributed by atoms with Crippen LogP contribution in [-0.4, -0.2) is 4.57 Å². The number of nitrogens with zero attached hydrogens (tertiary/aromatic N) is 1. The Bertz CT molecular complexity index is 742. The van der Waals surface area contributed by atoms with E-state index < -0.39 is 0 Å². The molecular formula is C16H14Cl2N2. The van der Waals surface area contributed by atoms with Gasteiger partial charge in [0.25, 0.3) is 0 Å². The number of para-hydroxylation sites is 1. The molecule has 1 aromatic heterocycles. The van der Waals surface area contributed by atoms with E-state index in [2.05, 4.69) is 22.8 Å². The summed E-state index contributed by atoms with van der Waals surface area (Å²) in [5, 5.41) is 2.53. The van der Waals surface area contributed by atoms with E-state index >= 15 is 0 Å². The number of fused-ring (bicyclic) bond motifs is 1. The maximum absolute atomic E-state index is 6.26. The fraction of sp³-hybridized carbons (Fsp3) is 0.125. The average Bonchev–Trinajstić information content (AvgIpc) is 2.81. The molecule has 2 N–H and O–H groups in total. The summed E-state index contributed by atoms with van der Waals surface area (Å²) in [7, 11) is 0. The van der Waals surface area contributed by atoms with Crippen molar-refractivity contribution in [3.8, 4) is 0 Å². The Morgan fingerprint density at radius 1 is 0.950 bits per heavy atom. The van der Waals surface area contributed by atoms with Gasteiger partial charge in [-0.2, -0.15) is 0 Å². The highest BCUT2D eigenvalue weighted by molar-refractivity contribution is 6.36. The molecule has 102 valence electrons. The molecule has 0 saturated heterocycles. The zero-order valence-corrected chi connectivity index (χ0v) is 12.3. The first-order valence-corrected chi connectivity index (χ1v) is 7.16. The number of hydrogen-bond donors (Lipinski definition) is 1. The second-order valence-corrected chi connectivity index (χ2v) is 5.50. The molecule has 20 heavy (non-hydrogen) atoms. The summed E-state index contributed by atoms with van der Waals surface area (Å²) in [6.07, 6.45) is 0. The lowest BCUT2D eigenvalue weighted by Crippen LogP contribution is -2.08. The molecule has 2 nitrogen and oxygen atoms in total. The molecule has 0 unspecified atom stereocenters. The summed E-state index contributed by atoms with van der Waals surface area (Å²) in [4.78, 5) is 0. The summed E-state index contributed by atoms with van der Waals surface area (Å²) in [6.45, 7) is 1.11. The molecule has 4 heteroatoms. The van der Waals surface area contributed by atoms with Crippen molar-refractivity contribution >= 4 is 34.1 Å². The van der Waals surface area contributed by atoms with Crippen molar-refractivity contribution in [2.75, 3.05) is 0 Å². The van der Waals surface area contributed by atoms with Crippen molar-refractivity contribution in [3.05, 3.63) is 69.8 Å². The Morgan fingerprint density at radius 3 is 2.35 bits per heavy atom. The van der Waals surface area contributed by atoms with Crippen LogP contribution in [0.3, 0.4) is 0 Å². The van der Waals surface area contributed by atoms with Crippen LogP contribution in [0, 0.1) is 0 Å². The minimum atomic E-state index is 0.483. The molecule has 0 saturated carbocycles. The molecule has 0 atom stereocenters. The van der Waals surface area contributed by atoms with Crippen LogP contribution < -0.4 is 5.73 Å². The Hall–Kier alpha value is -1.48. The third-order valence-electron chi connectivity index (χ3n) is 3.48. The van der Waals surface area contributed by atoms with Crippen LogP contribution in [0.25, 0.3) is 10.9 Å². The maximum atomic E-state index is 6.26. The Balaban J connectivity index is 2.15. The molecule has 0 radical (unpaired) electrons. The highest BCUT2D eigenvalue weighted by Gasteiger charge is 2.11. The van der Waals surface area contributed by atoms with Gasteiger partial charge in [0, 0.05) is 33.4 Å². The molecule has 0 aliphatic rings. The highest BCUT2D eigenvalue weighted by atomic mass is 35.5. The van der Waals surface area contributed by atoms with Crippen LogP contribution >= 0.6 is 23.2 Å². The summed E-state index contributed by atoms with van der Waals surface area (Å²) in [5.41, 5.74) is 8.99. The fourth-order valence-electron chi connectivity index (χ4n) is 2.46. The van der Waals surface area contributed by atoms with Gasteiger partial charge < -0.3 is 10.3 Å². The van der Waals surface area contributed by atoms with Crippen molar-refractivity contribution in [1.82, 2.24) is 4.57 Å². The van der Waals surface area contributed by atoms with Gasteiger partial charge >= 0.3 is 0 Å². The van der Waals surface area contributed by atoms with Crippen molar-refractivity contribution in [2.24, 2.45) is 5.73 Å². The smallest absolute Gasteiger partial charge is 0.0509 e. The monoisotopic (exact) mass is 304 g/mol. The molecule has 3 aromatic rings. The SMILES string of the molecule is NCc1cc2ccccc2n1Cc1c(Cl)cccc1Cl. The summed E-state index contributed by atoms with van der Waals surface area (Å²) >= 11 is 12.5. The lowest BCUT2D eigenvalue weighted by Gasteiger charge is -2.12. The lowest BCUT2D eigenvalue weighted by molar-refractivity contribution is 0.768. The van der Waals surface area contributed by atoms with E-state index in [-0.39, 0.29) is 0 Å². The number of aromatic nitrogens is 1. The lowest BCUT2D eigenvalue weighted by atomic mass is 10.2. The molecule has 3 rings (SSSR count). The largest absolute Gasteiger partial charge is 0.339 e. The van der Waals surface area contributed by atoms with Crippen LogP contribution in [0.15, 0.2) is 48.5 Å². The predicted octanol–water partition coefficient (Wildman–Crippen LogP) is 4.46. The van der Waals surface area contributed by atoms with Gasteiger partial charge in [-0.25, -0.2) is 0 Å². The minimum absolute atomic E-state index is 0.483. The number of hydrogen-bond acceptors (Lipinski definition) is 1. The Morgan fingerprint density at radius 2 is 1.65 bits per heavy atom. The third-order valence-corrected chi connectivity index (χ3v) is 4.19. The number of rotatable bonds is 3. The van der Waals surface area contributed by atoms with Crippen LogP contribution in [-0.2, 0) is 13.1 Å². The van der Waals surface area contributed by atoms with E-state index in [1.165, 1.54) is 5.39 Å². The number of benzene rings is 2. The summed E-state index contributed by atoms with van der Waals surface area (Å²) in [6, 6.07) is 15.9. The van der Waals surface area contributed by atoms with Crippen LogP contribution in [0.2, 0.25) is 10.0 Å². The van der Waals surface area contributed by atoms with E-state index in [9.17, 15) is 0 Å². The molecule has 0 fully saturated rings. The van der Waals surface area contributed by atoms with Gasteiger partial charge in [0.15, 0.2) is 0 Å². The van der Waals surface area contributed by atoms with Gasteiger partial charge in [-0.15, -0.1) is 0 Å². The van der Waals surface area contributed by atoms with E-state index in [1.54, 1.807) is 0 Å². The quantitative estimate of drug-likeness (QED) is 0.761. The van der Waals surface area contributed by atoms with E-state index in [0.717, 1.165) is 16.8 Å². The number of halogens is 2. The van der Waals surface area contributed by atoms with E-state index in [1.807, 2.05) is 30.3 Å². The van der Waals surface area contributed by atoms with Crippen LogP contribution in [0.1, 0.15) is 11.3 Å². The maximum Gasteiger partial charge on any atom is 0.0509 e. The molecule has 0 bridgehead atoms. The molecule has 0 aliphatic heterocycles. The van der Waals surface area contributed by atoms with Gasteiger partial charge in [0.2, 0.25) is 0 Å².